The first-order valence-corrected chi connectivity index (χ1v) is 7.89. The van der Waals surface area contributed by atoms with Crippen molar-refractivity contribution < 1.29 is 19.0 Å². The molecule has 5 heteroatoms. The van der Waals surface area contributed by atoms with Crippen molar-refractivity contribution in [3.63, 3.8) is 0 Å². The highest BCUT2D eigenvalue weighted by atomic mass is 16.7. The van der Waals surface area contributed by atoms with Gasteiger partial charge in [0.25, 0.3) is 5.91 Å². The molecule has 0 radical (unpaired) electrons. The van der Waals surface area contributed by atoms with Crippen molar-refractivity contribution in [3.05, 3.63) is 29.3 Å². The van der Waals surface area contributed by atoms with E-state index >= 15 is 0 Å². The molecule has 1 amide bonds. The minimum absolute atomic E-state index is 0.0102. The molecule has 1 aromatic carbocycles. The molecule has 22 heavy (non-hydrogen) atoms. The number of benzene rings is 1. The van der Waals surface area contributed by atoms with Gasteiger partial charge in [0.1, 0.15) is 5.75 Å². The summed E-state index contributed by atoms with van der Waals surface area (Å²) in [6.07, 6.45) is 2.78. The van der Waals surface area contributed by atoms with Crippen molar-refractivity contribution >= 4 is 5.91 Å². The number of rotatable bonds is 3. The van der Waals surface area contributed by atoms with Crippen LogP contribution in [-0.2, 0) is 9.47 Å². The van der Waals surface area contributed by atoms with E-state index in [1.54, 1.807) is 7.11 Å². The van der Waals surface area contributed by atoms with Gasteiger partial charge < -0.3 is 19.1 Å². The molecule has 3 rings (SSSR count). The summed E-state index contributed by atoms with van der Waals surface area (Å²) in [5, 5.41) is 0. The van der Waals surface area contributed by atoms with Gasteiger partial charge in [0, 0.05) is 12.1 Å². The van der Waals surface area contributed by atoms with Crippen molar-refractivity contribution in [1.82, 2.24) is 4.90 Å². The molecule has 0 saturated carbocycles. The molecule has 2 heterocycles. The van der Waals surface area contributed by atoms with Gasteiger partial charge in [-0.2, -0.15) is 0 Å². The molecule has 2 fully saturated rings. The first-order valence-electron chi connectivity index (χ1n) is 7.89. The van der Waals surface area contributed by atoms with Gasteiger partial charge in [0.2, 0.25) is 0 Å². The van der Waals surface area contributed by atoms with Gasteiger partial charge in [-0.15, -0.1) is 0 Å². The first kappa shape index (κ1) is 15.3. The number of hydrogen-bond donors (Lipinski definition) is 0. The Morgan fingerprint density at radius 2 is 2.05 bits per heavy atom. The van der Waals surface area contributed by atoms with Gasteiger partial charge in [-0.3, -0.25) is 4.79 Å². The smallest absolute Gasteiger partial charge is 0.254 e. The molecule has 2 saturated heterocycles. The average molecular weight is 305 g/mol. The lowest BCUT2D eigenvalue weighted by molar-refractivity contribution is -0.100. The third-order valence-corrected chi connectivity index (χ3v) is 4.43. The van der Waals surface area contributed by atoms with Crippen molar-refractivity contribution in [2.24, 2.45) is 0 Å². The van der Waals surface area contributed by atoms with Crippen molar-refractivity contribution in [2.75, 3.05) is 26.9 Å². The van der Waals surface area contributed by atoms with Crippen LogP contribution in [0.1, 0.15) is 35.2 Å². The summed E-state index contributed by atoms with van der Waals surface area (Å²) in [6.45, 7) is 3.95. The van der Waals surface area contributed by atoms with Gasteiger partial charge >= 0.3 is 0 Å². The van der Waals surface area contributed by atoms with E-state index < -0.39 is 0 Å². The number of amides is 1. The zero-order valence-corrected chi connectivity index (χ0v) is 13.2. The number of aryl methyl sites for hydroxylation is 1. The van der Waals surface area contributed by atoms with E-state index in [9.17, 15) is 4.79 Å². The number of likely N-dealkylation sites (tertiary alicyclic amines) is 1. The van der Waals surface area contributed by atoms with Crippen LogP contribution >= 0.6 is 0 Å². The van der Waals surface area contributed by atoms with Gasteiger partial charge in [-0.25, -0.2) is 0 Å². The highest BCUT2D eigenvalue weighted by Gasteiger charge is 2.36. The monoisotopic (exact) mass is 305 g/mol. The number of carbonyl (C=O) groups excluding carboxylic acids is 1. The van der Waals surface area contributed by atoms with Crippen LogP contribution in [0.3, 0.4) is 0 Å². The van der Waals surface area contributed by atoms with Crippen LogP contribution < -0.4 is 4.74 Å². The third-order valence-electron chi connectivity index (χ3n) is 4.43. The summed E-state index contributed by atoms with van der Waals surface area (Å²) in [4.78, 5) is 14.8. The zero-order valence-electron chi connectivity index (χ0n) is 13.2. The fraction of sp³-hybridized carbons (Fsp3) is 0.588. The van der Waals surface area contributed by atoms with Gasteiger partial charge in [0.15, 0.2) is 6.29 Å². The highest BCUT2D eigenvalue weighted by Crippen LogP contribution is 2.27. The first-order chi connectivity index (χ1) is 10.7. The van der Waals surface area contributed by atoms with Crippen molar-refractivity contribution in [1.29, 1.82) is 0 Å². The zero-order chi connectivity index (χ0) is 15.5. The fourth-order valence-corrected chi connectivity index (χ4v) is 3.21. The number of methoxy groups -OCH3 is 1. The molecule has 2 aliphatic heterocycles. The van der Waals surface area contributed by atoms with E-state index in [0.717, 1.165) is 37.1 Å². The molecule has 0 aromatic heterocycles. The SMILES string of the molecule is COc1cc(C(=O)N2CCCC[C@@H]2C2OCCO2)ccc1C. The predicted octanol–water partition coefficient (Wildman–Crippen LogP) is 2.37. The molecule has 1 aromatic rings. The van der Waals surface area contributed by atoms with Crippen molar-refractivity contribution in [2.45, 2.75) is 38.5 Å². The summed E-state index contributed by atoms with van der Waals surface area (Å²) >= 11 is 0. The van der Waals surface area contributed by atoms with E-state index in [1.165, 1.54) is 0 Å². The molecular formula is C17H23NO4. The molecule has 0 bridgehead atoms. The number of ether oxygens (including phenoxy) is 3. The number of nitrogens with zero attached hydrogens (tertiary/aromatic N) is 1. The van der Waals surface area contributed by atoms with Crippen molar-refractivity contribution in [3.8, 4) is 5.75 Å². The molecular weight excluding hydrogens is 282 g/mol. The quantitative estimate of drug-likeness (QED) is 0.860. The van der Waals surface area contributed by atoms with Crippen LogP contribution in [0.15, 0.2) is 18.2 Å². The maximum Gasteiger partial charge on any atom is 0.254 e. The van der Waals surface area contributed by atoms with Gasteiger partial charge in [-0.05, 0) is 43.9 Å². The maximum atomic E-state index is 12.9. The number of carbonyl (C=O) groups is 1. The Labute approximate surface area is 131 Å². The van der Waals surface area contributed by atoms with Crippen LogP contribution in [0.25, 0.3) is 0 Å². The van der Waals surface area contributed by atoms with E-state index in [2.05, 4.69) is 0 Å². The third kappa shape index (κ3) is 2.96. The highest BCUT2D eigenvalue weighted by molar-refractivity contribution is 5.95. The van der Waals surface area contributed by atoms with Gasteiger partial charge in [-0.1, -0.05) is 6.07 Å². The Bertz CT molecular complexity index is 539. The minimum atomic E-state index is -0.281. The van der Waals surface area contributed by atoms with E-state index in [-0.39, 0.29) is 18.2 Å². The fourth-order valence-electron chi connectivity index (χ4n) is 3.21. The maximum absolute atomic E-state index is 12.9. The van der Waals surface area contributed by atoms with Crippen LogP contribution in [0.4, 0.5) is 0 Å². The molecule has 0 spiro atoms. The molecule has 5 nitrogen and oxygen atoms in total. The van der Waals surface area contributed by atoms with Crippen LogP contribution in [-0.4, -0.2) is 50.0 Å². The van der Waals surface area contributed by atoms with Gasteiger partial charge in [0.05, 0.1) is 26.4 Å². The Hall–Kier alpha value is -1.59. The van der Waals surface area contributed by atoms with E-state index in [0.29, 0.717) is 18.8 Å². The normalized spacial score (nSPS) is 22.8. The lowest BCUT2D eigenvalue weighted by Gasteiger charge is -2.38. The summed E-state index contributed by atoms with van der Waals surface area (Å²) < 4.78 is 16.6. The largest absolute Gasteiger partial charge is 0.496 e. The average Bonchev–Trinajstić information content (AvgIpc) is 3.09. The second-order valence-electron chi connectivity index (χ2n) is 5.86. The Morgan fingerprint density at radius 3 is 2.77 bits per heavy atom. The molecule has 120 valence electrons. The van der Waals surface area contributed by atoms with E-state index in [1.807, 2.05) is 30.0 Å². The van der Waals surface area contributed by atoms with Crippen LogP contribution in [0.2, 0.25) is 0 Å². The Morgan fingerprint density at radius 1 is 1.27 bits per heavy atom. The lowest BCUT2D eigenvalue weighted by Crippen LogP contribution is -2.50. The molecule has 0 aliphatic carbocycles. The second-order valence-corrected chi connectivity index (χ2v) is 5.86. The lowest BCUT2D eigenvalue weighted by atomic mass is 10.00. The number of hydrogen-bond acceptors (Lipinski definition) is 4. The summed E-state index contributed by atoms with van der Waals surface area (Å²) in [5.41, 5.74) is 1.68. The summed E-state index contributed by atoms with van der Waals surface area (Å²) in [7, 11) is 1.63. The Kier molecular flexibility index (Phi) is 4.64. The second kappa shape index (κ2) is 6.67. The summed E-state index contributed by atoms with van der Waals surface area (Å²) in [5.74, 6) is 0.773. The number of piperidine rings is 1. The Balaban J connectivity index is 1.82. The van der Waals surface area contributed by atoms with E-state index in [4.69, 9.17) is 14.2 Å². The standard InChI is InChI=1S/C17H23NO4/c1-12-6-7-13(11-15(12)20-2)16(19)18-8-4-3-5-14(18)17-21-9-10-22-17/h6-7,11,14,17H,3-5,8-10H2,1-2H3/t14-/m1/s1. The predicted molar refractivity (Wildman–Crippen MR) is 82.1 cm³/mol. The molecule has 0 unspecified atom stereocenters. The molecule has 1 atom stereocenters. The molecule has 0 N–H and O–H groups in total. The van der Waals surface area contributed by atoms with Crippen LogP contribution in [0.5, 0.6) is 5.75 Å². The summed E-state index contributed by atoms with van der Waals surface area (Å²) in [6, 6.07) is 5.62. The minimum Gasteiger partial charge on any atom is -0.496 e. The van der Waals surface area contributed by atoms with Crippen LogP contribution in [0, 0.1) is 6.92 Å². The topological polar surface area (TPSA) is 48.0 Å². The molecule has 2 aliphatic rings.